The zero-order valence-electron chi connectivity index (χ0n) is 22.0. The number of amides is 2. The standard InChI is InChI=1S/C28H39N3O4S/c1-20(2)25-16-10-11-17-26(25)31(36(5,34)35)19-27(32)30(18-23-13-7-6-12-21(23)3)22(4)28(33)29-24-14-8-9-15-24/h6-7,10-13,16-17,20,22,24H,8-9,14-15,18-19H2,1-5H3,(H,29,33)/t22-/m1/s1. The molecular formula is C28H39N3O4S. The summed E-state index contributed by atoms with van der Waals surface area (Å²) in [5.74, 6) is -0.562. The fourth-order valence-corrected chi connectivity index (χ4v) is 5.61. The van der Waals surface area contributed by atoms with E-state index in [4.69, 9.17) is 0 Å². The molecule has 0 spiro atoms. The number of carbonyl (C=O) groups is 2. The van der Waals surface area contributed by atoms with Crippen LogP contribution in [0.4, 0.5) is 5.69 Å². The van der Waals surface area contributed by atoms with Gasteiger partial charge in [0.1, 0.15) is 12.6 Å². The molecule has 0 heterocycles. The normalized spacial score (nSPS) is 15.1. The lowest BCUT2D eigenvalue weighted by molar-refractivity contribution is -0.139. The number of rotatable bonds is 10. The van der Waals surface area contributed by atoms with E-state index in [2.05, 4.69) is 5.32 Å². The largest absolute Gasteiger partial charge is 0.352 e. The second-order valence-electron chi connectivity index (χ2n) is 10.1. The van der Waals surface area contributed by atoms with E-state index in [0.717, 1.165) is 52.9 Å². The molecule has 0 bridgehead atoms. The SMILES string of the molecule is Cc1ccccc1CN(C(=O)CN(c1ccccc1C(C)C)S(C)(=O)=O)[C@H](C)C(=O)NC1CCCC1. The average Bonchev–Trinajstić information content (AvgIpc) is 3.33. The van der Waals surface area contributed by atoms with Crippen LogP contribution in [0.5, 0.6) is 0 Å². The van der Waals surface area contributed by atoms with Crippen LogP contribution < -0.4 is 9.62 Å². The topological polar surface area (TPSA) is 86.8 Å². The van der Waals surface area contributed by atoms with Crippen molar-refractivity contribution in [2.24, 2.45) is 0 Å². The molecule has 2 aromatic rings. The first kappa shape index (κ1) is 27.7. The Morgan fingerprint density at radius 1 is 1.00 bits per heavy atom. The van der Waals surface area contributed by atoms with E-state index in [1.807, 2.05) is 57.2 Å². The highest BCUT2D eigenvalue weighted by Crippen LogP contribution is 2.29. The van der Waals surface area contributed by atoms with Crippen molar-refractivity contribution in [3.63, 3.8) is 0 Å². The van der Waals surface area contributed by atoms with Gasteiger partial charge in [-0.15, -0.1) is 0 Å². The molecule has 2 aromatic carbocycles. The summed E-state index contributed by atoms with van der Waals surface area (Å²) in [6, 6.07) is 14.3. The predicted octanol–water partition coefficient (Wildman–Crippen LogP) is 4.36. The Bertz CT molecular complexity index is 1170. The molecule has 2 amide bonds. The van der Waals surface area contributed by atoms with Crippen molar-refractivity contribution in [1.82, 2.24) is 10.2 Å². The fraction of sp³-hybridized carbons (Fsp3) is 0.500. The van der Waals surface area contributed by atoms with E-state index in [-0.39, 0.29) is 31.0 Å². The summed E-state index contributed by atoms with van der Waals surface area (Å²) >= 11 is 0. The highest BCUT2D eigenvalue weighted by Gasteiger charge is 2.32. The average molecular weight is 514 g/mol. The van der Waals surface area contributed by atoms with Crippen LogP contribution in [-0.2, 0) is 26.2 Å². The smallest absolute Gasteiger partial charge is 0.244 e. The molecular weight excluding hydrogens is 474 g/mol. The maximum atomic E-state index is 13.8. The second kappa shape index (κ2) is 11.9. The van der Waals surface area contributed by atoms with Gasteiger partial charge in [0.15, 0.2) is 0 Å². The van der Waals surface area contributed by atoms with Crippen molar-refractivity contribution < 1.29 is 18.0 Å². The number of benzene rings is 2. The first-order valence-electron chi connectivity index (χ1n) is 12.7. The lowest BCUT2D eigenvalue weighted by atomic mass is 10.0. The van der Waals surface area contributed by atoms with E-state index in [9.17, 15) is 18.0 Å². The van der Waals surface area contributed by atoms with Crippen LogP contribution >= 0.6 is 0 Å². The van der Waals surface area contributed by atoms with Crippen LogP contribution in [0.2, 0.25) is 0 Å². The van der Waals surface area contributed by atoms with E-state index in [0.29, 0.717) is 5.69 Å². The summed E-state index contributed by atoms with van der Waals surface area (Å²) in [4.78, 5) is 28.5. The minimum atomic E-state index is -3.76. The lowest BCUT2D eigenvalue weighted by Gasteiger charge is -2.33. The van der Waals surface area contributed by atoms with Gasteiger partial charge in [0.25, 0.3) is 0 Å². The molecule has 3 rings (SSSR count). The fourth-order valence-electron chi connectivity index (χ4n) is 4.74. The number of hydrogen-bond donors (Lipinski definition) is 1. The van der Waals surface area contributed by atoms with Gasteiger partial charge < -0.3 is 10.2 Å². The van der Waals surface area contributed by atoms with Gasteiger partial charge in [-0.1, -0.05) is 69.2 Å². The van der Waals surface area contributed by atoms with Crippen molar-refractivity contribution in [3.05, 3.63) is 65.2 Å². The van der Waals surface area contributed by atoms with E-state index < -0.39 is 22.0 Å². The van der Waals surface area contributed by atoms with Gasteiger partial charge in [0, 0.05) is 12.6 Å². The third-order valence-electron chi connectivity index (χ3n) is 6.98. The van der Waals surface area contributed by atoms with Crippen molar-refractivity contribution in [3.8, 4) is 0 Å². The summed E-state index contributed by atoms with van der Waals surface area (Å²) in [6.45, 7) is 7.49. The molecule has 0 saturated heterocycles. The number of carbonyl (C=O) groups excluding carboxylic acids is 2. The summed E-state index contributed by atoms with van der Waals surface area (Å²) in [7, 11) is -3.76. The maximum absolute atomic E-state index is 13.8. The van der Waals surface area contributed by atoms with E-state index in [1.54, 1.807) is 19.1 Å². The monoisotopic (exact) mass is 513 g/mol. The molecule has 1 aliphatic rings. The third-order valence-corrected chi connectivity index (χ3v) is 8.10. The molecule has 196 valence electrons. The highest BCUT2D eigenvalue weighted by atomic mass is 32.2. The Kier molecular flexibility index (Phi) is 9.17. The Morgan fingerprint density at radius 3 is 2.22 bits per heavy atom. The van der Waals surface area contributed by atoms with Crippen molar-refractivity contribution in [2.75, 3.05) is 17.1 Å². The highest BCUT2D eigenvalue weighted by molar-refractivity contribution is 7.92. The Morgan fingerprint density at radius 2 is 1.61 bits per heavy atom. The summed E-state index contributed by atoms with van der Waals surface area (Å²) in [5, 5.41) is 3.09. The molecule has 1 aliphatic carbocycles. The second-order valence-corrected chi connectivity index (χ2v) is 12.0. The first-order valence-corrected chi connectivity index (χ1v) is 14.5. The molecule has 1 N–H and O–H groups in total. The minimum absolute atomic E-state index is 0.0692. The summed E-state index contributed by atoms with van der Waals surface area (Å²) < 4.78 is 26.9. The van der Waals surface area contributed by atoms with Crippen LogP contribution in [-0.4, -0.2) is 50.0 Å². The number of nitrogens with one attached hydrogen (secondary N) is 1. The van der Waals surface area contributed by atoms with Crippen LogP contribution in [0.25, 0.3) is 0 Å². The van der Waals surface area contributed by atoms with Gasteiger partial charge in [-0.3, -0.25) is 13.9 Å². The minimum Gasteiger partial charge on any atom is -0.352 e. The van der Waals surface area contributed by atoms with Crippen LogP contribution in [0.15, 0.2) is 48.5 Å². The summed E-state index contributed by atoms with van der Waals surface area (Å²) in [5.41, 5.74) is 3.25. The molecule has 0 unspecified atom stereocenters. The molecule has 1 saturated carbocycles. The molecule has 8 heteroatoms. The van der Waals surface area contributed by atoms with Crippen LogP contribution in [0.1, 0.15) is 69.1 Å². The Hall–Kier alpha value is -2.87. The van der Waals surface area contributed by atoms with Gasteiger partial charge in [0.2, 0.25) is 21.8 Å². The molecule has 0 aromatic heterocycles. The van der Waals surface area contributed by atoms with Crippen molar-refractivity contribution >= 4 is 27.5 Å². The number of para-hydroxylation sites is 1. The number of anilines is 1. The molecule has 1 fully saturated rings. The molecule has 0 radical (unpaired) electrons. The predicted molar refractivity (Wildman–Crippen MR) is 144 cm³/mol. The molecule has 0 aliphatic heterocycles. The number of aryl methyl sites for hydroxylation is 1. The first-order chi connectivity index (χ1) is 17.0. The third kappa shape index (κ3) is 6.87. The van der Waals surface area contributed by atoms with Gasteiger partial charge in [-0.05, 0) is 55.4 Å². The zero-order chi connectivity index (χ0) is 26.5. The van der Waals surface area contributed by atoms with Gasteiger partial charge in [-0.2, -0.15) is 0 Å². The van der Waals surface area contributed by atoms with E-state index in [1.165, 1.54) is 4.90 Å². The molecule has 36 heavy (non-hydrogen) atoms. The van der Waals surface area contributed by atoms with Crippen LogP contribution in [0, 0.1) is 6.92 Å². The Balaban J connectivity index is 1.94. The van der Waals surface area contributed by atoms with Gasteiger partial charge >= 0.3 is 0 Å². The summed E-state index contributed by atoms with van der Waals surface area (Å²) in [6.07, 6.45) is 5.17. The number of nitrogens with zero attached hydrogens (tertiary/aromatic N) is 2. The number of hydrogen-bond acceptors (Lipinski definition) is 4. The lowest BCUT2D eigenvalue weighted by Crippen LogP contribution is -2.52. The Labute approximate surface area is 215 Å². The van der Waals surface area contributed by atoms with Crippen molar-refractivity contribution in [2.45, 2.75) is 77.9 Å². The van der Waals surface area contributed by atoms with Gasteiger partial charge in [0.05, 0.1) is 11.9 Å². The van der Waals surface area contributed by atoms with Crippen molar-refractivity contribution in [1.29, 1.82) is 0 Å². The van der Waals surface area contributed by atoms with Gasteiger partial charge in [-0.25, -0.2) is 8.42 Å². The maximum Gasteiger partial charge on any atom is 0.244 e. The zero-order valence-corrected chi connectivity index (χ0v) is 22.8. The molecule has 1 atom stereocenters. The number of sulfonamides is 1. The quantitative estimate of drug-likeness (QED) is 0.511. The molecule has 7 nitrogen and oxygen atoms in total. The van der Waals surface area contributed by atoms with E-state index >= 15 is 0 Å². The van der Waals surface area contributed by atoms with Crippen LogP contribution in [0.3, 0.4) is 0 Å².